The summed E-state index contributed by atoms with van der Waals surface area (Å²) in [6.07, 6.45) is 5.86. The summed E-state index contributed by atoms with van der Waals surface area (Å²) in [6.45, 7) is 0.907. The number of ether oxygens (including phenoxy) is 1. The Kier molecular flexibility index (Phi) is 3.79. The van der Waals surface area contributed by atoms with E-state index in [1.165, 1.54) is 23.6 Å². The van der Waals surface area contributed by atoms with Crippen LogP contribution in [0, 0.1) is 0 Å². The van der Waals surface area contributed by atoms with Gasteiger partial charge in [0.15, 0.2) is 5.82 Å². The summed E-state index contributed by atoms with van der Waals surface area (Å²) in [5, 5.41) is 22.4. The van der Waals surface area contributed by atoms with Crippen molar-refractivity contribution < 1.29 is 4.74 Å². The highest BCUT2D eigenvalue weighted by molar-refractivity contribution is 7.15. The molecule has 0 radical (unpaired) electrons. The molecule has 3 aromatic heterocycles. The third kappa shape index (κ3) is 2.90. The number of nitrogens with zero attached hydrogens (tertiary/aromatic N) is 6. The largest absolute Gasteiger partial charge is 0.377 e. The molecule has 26 heavy (non-hydrogen) atoms. The molecule has 9 nitrogen and oxygen atoms in total. The Morgan fingerprint density at radius 1 is 1.23 bits per heavy atom. The maximum atomic E-state index is 12.4. The first-order valence-corrected chi connectivity index (χ1v) is 9.37. The molecule has 4 heterocycles. The average Bonchev–Trinajstić information content (AvgIpc) is 3.08. The van der Waals surface area contributed by atoms with Gasteiger partial charge in [0.25, 0.3) is 5.56 Å². The topological polar surface area (TPSA) is 99.8 Å². The second-order valence-corrected chi connectivity index (χ2v) is 7.51. The first-order valence-electron chi connectivity index (χ1n) is 8.55. The van der Waals surface area contributed by atoms with Crippen LogP contribution < -0.4 is 10.9 Å². The molecule has 1 saturated heterocycles. The molecular weight excluding hydrogens is 354 g/mol. The zero-order valence-electron chi connectivity index (χ0n) is 13.9. The van der Waals surface area contributed by atoms with Gasteiger partial charge in [-0.15, -0.1) is 15.3 Å². The van der Waals surface area contributed by atoms with Gasteiger partial charge in [0.05, 0.1) is 19.3 Å². The summed E-state index contributed by atoms with van der Waals surface area (Å²) in [6, 6.07) is 4.68. The SMILES string of the molecule is O=c1ccc(-n2cccn2)nn1C1COCC1Nc1nnc(C2CC2)s1. The Morgan fingerprint density at radius 2 is 2.15 bits per heavy atom. The standard InChI is InChI=1S/C16H17N7O2S/c24-14-5-4-13(22-7-1-6-17-22)21-23(14)12-9-25-8-11(12)18-16-20-19-15(26-16)10-2-3-10/h1,4-7,10-12H,2-3,8-9H2,(H,18,20). The lowest BCUT2D eigenvalue weighted by Crippen LogP contribution is -2.37. The van der Waals surface area contributed by atoms with Crippen molar-refractivity contribution in [2.24, 2.45) is 0 Å². The molecule has 0 bridgehead atoms. The molecule has 0 aromatic carbocycles. The fourth-order valence-electron chi connectivity index (χ4n) is 3.05. The number of hydrogen-bond acceptors (Lipinski definition) is 8. The van der Waals surface area contributed by atoms with E-state index in [4.69, 9.17) is 4.74 Å². The van der Waals surface area contributed by atoms with Crippen LogP contribution in [0.4, 0.5) is 5.13 Å². The Balaban J connectivity index is 1.41. The van der Waals surface area contributed by atoms with Gasteiger partial charge in [-0.2, -0.15) is 5.10 Å². The first-order chi connectivity index (χ1) is 12.8. The van der Waals surface area contributed by atoms with Crippen LogP contribution in [0.25, 0.3) is 5.82 Å². The monoisotopic (exact) mass is 371 g/mol. The molecule has 134 valence electrons. The lowest BCUT2D eigenvalue weighted by Gasteiger charge is -2.20. The highest BCUT2D eigenvalue weighted by Crippen LogP contribution is 2.42. The van der Waals surface area contributed by atoms with Gasteiger partial charge in [0.1, 0.15) is 11.0 Å². The molecule has 1 saturated carbocycles. The van der Waals surface area contributed by atoms with Crippen molar-refractivity contribution in [2.75, 3.05) is 18.5 Å². The average molecular weight is 371 g/mol. The van der Waals surface area contributed by atoms with Crippen LogP contribution in [0.5, 0.6) is 0 Å². The molecule has 1 aliphatic carbocycles. The van der Waals surface area contributed by atoms with Crippen molar-refractivity contribution in [1.82, 2.24) is 29.8 Å². The summed E-state index contributed by atoms with van der Waals surface area (Å²) in [5.74, 6) is 1.17. The van der Waals surface area contributed by atoms with Gasteiger partial charge >= 0.3 is 0 Å². The zero-order valence-corrected chi connectivity index (χ0v) is 14.7. The van der Waals surface area contributed by atoms with Crippen LogP contribution in [-0.2, 0) is 4.74 Å². The summed E-state index contributed by atoms with van der Waals surface area (Å²) < 4.78 is 8.72. The molecule has 2 atom stereocenters. The molecule has 2 fully saturated rings. The van der Waals surface area contributed by atoms with E-state index in [1.807, 2.05) is 6.07 Å². The quantitative estimate of drug-likeness (QED) is 0.719. The Labute approximate surface area is 152 Å². The van der Waals surface area contributed by atoms with Crippen molar-refractivity contribution in [3.63, 3.8) is 0 Å². The van der Waals surface area contributed by atoms with Crippen molar-refractivity contribution in [2.45, 2.75) is 30.8 Å². The predicted octanol–water partition coefficient (Wildman–Crippen LogP) is 1.21. The molecule has 0 amide bonds. The fourth-order valence-corrected chi connectivity index (χ4v) is 4.02. The van der Waals surface area contributed by atoms with Crippen LogP contribution in [0.15, 0.2) is 35.4 Å². The van der Waals surface area contributed by atoms with Crippen LogP contribution in [-0.4, -0.2) is 49.0 Å². The highest BCUT2D eigenvalue weighted by Gasteiger charge is 2.33. The zero-order chi connectivity index (χ0) is 17.5. The molecule has 5 rings (SSSR count). The smallest absolute Gasteiger partial charge is 0.267 e. The molecule has 2 aliphatic rings. The molecule has 1 N–H and O–H groups in total. The van der Waals surface area contributed by atoms with Crippen molar-refractivity contribution in [1.29, 1.82) is 0 Å². The summed E-state index contributed by atoms with van der Waals surface area (Å²) in [4.78, 5) is 12.4. The number of anilines is 1. The highest BCUT2D eigenvalue weighted by atomic mass is 32.1. The number of aromatic nitrogens is 6. The van der Waals surface area contributed by atoms with Gasteiger partial charge in [-0.3, -0.25) is 4.79 Å². The Morgan fingerprint density at radius 3 is 2.96 bits per heavy atom. The van der Waals surface area contributed by atoms with Crippen LogP contribution >= 0.6 is 11.3 Å². The van der Waals surface area contributed by atoms with E-state index in [1.54, 1.807) is 34.5 Å². The van der Waals surface area contributed by atoms with Crippen molar-refractivity contribution in [3.8, 4) is 5.82 Å². The fraction of sp³-hybridized carbons (Fsp3) is 0.438. The van der Waals surface area contributed by atoms with E-state index in [9.17, 15) is 4.79 Å². The minimum Gasteiger partial charge on any atom is -0.377 e. The van der Waals surface area contributed by atoms with E-state index in [0.717, 1.165) is 10.1 Å². The molecule has 0 spiro atoms. The molecular formula is C16H17N7O2S. The van der Waals surface area contributed by atoms with Gasteiger partial charge in [-0.05, 0) is 25.0 Å². The first kappa shape index (κ1) is 15.6. The van der Waals surface area contributed by atoms with E-state index in [-0.39, 0.29) is 17.6 Å². The van der Waals surface area contributed by atoms with E-state index in [0.29, 0.717) is 24.9 Å². The number of hydrogen-bond donors (Lipinski definition) is 1. The normalized spacial score (nSPS) is 22.6. The Hall–Kier alpha value is -2.59. The van der Waals surface area contributed by atoms with E-state index in [2.05, 4.69) is 25.7 Å². The molecule has 1 aliphatic heterocycles. The lowest BCUT2D eigenvalue weighted by atomic mass is 10.2. The third-order valence-corrected chi connectivity index (χ3v) is 5.61. The summed E-state index contributed by atoms with van der Waals surface area (Å²) in [7, 11) is 0. The summed E-state index contributed by atoms with van der Waals surface area (Å²) >= 11 is 1.58. The van der Waals surface area contributed by atoms with E-state index >= 15 is 0 Å². The maximum absolute atomic E-state index is 12.4. The van der Waals surface area contributed by atoms with Crippen LogP contribution in [0.1, 0.15) is 29.8 Å². The molecule has 3 aromatic rings. The number of rotatable bonds is 5. The molecule has 2 unspecified atom stereocenters. The van der Waals surface area contributed by atoms with Crippen LogP contribution in [0.3, 0.4) is 0 Å². The van der Waals surface area contributed by atoms with Gasteiger partial charge in [0.2, 0.25) is 5.13 Å². The van der Waals surface area contributed by atoms with Crippen LogP contribution in [0.2, 0.25) is 0 Å². The molecule has 10 heteroatoms. The van der Waals surface area contributed by atoms with Gasteiger partial charge in [-0.25, -0.2) is 9.36 Å². The second kappa shape index (κ2) is 6.29. The lowest BCUT2D eigenvalue weighted by molar-refractivity contribution is 0.182. The Bertz CT molecular complexity index is 963. The van der Waals surface area contributed by atoms with Gasteiger partial charge < -0.3 is 10.1 Å². The maximum Gasteiger partial charge on any atom is 0.267 e. The van der Waals surface area contributed by atoms with Crippen molar-refractivity contribution >= 4 is 16.5 Å². The van der Waals surface area contributed by atoms with Gasteiger partial charge in [0, 0.05) is 24.4 Å². The van der Waals surface area contributed by atoms with E-state index < -0.39 is 0 Å². The third-order valence-electron chi connectivity index (χ3n) is 4.59. The number of nitrogens with one attached hydrogen (secondary N) is 1. The summed E-state index contributed by atoms with van der Waals surface area (Å²) in [5.41, 5.74) is -0.167. The van der Waals surface area contributed by atoms with Crippen molar-refractivity contribution in [3.05, 3.63) is 46.0 Å². The minimum atomic E-state index is -0.216. The predicted molar refractivity (Wildman–Crippen MR) is 94.8 cm³/mol. The second-order valence-electron chi connectivity index (χ2n) is 6.50. The van der Waals surface area contributed by atoms with Gasteiger partial charge in [-0.1, -0.05) is 11.3 Å². The minimum absolute atomic E-state index is 0.0897.